The van der Waals surface area contributed by atoms with Crippen molar-refractivity contribution in [1.82, 2.24) is 9.97 Å². The van der Waals surface area contributed by atoms with Crippen LogP contribution < -0.4 is 10.2 Å². The highest BCUT2D eigenvalue weighted by molar-refractivity contribution is 6.32. The molecular weight excluding hydrogens is 334 g/mol. The molecule has 2 heterocycles. The van der Waals surface area contributed by atoms with Gasteiger partial charge in [0, 0.05) is 31.2 Å². The molecule has 0 spiro atoms. The summed E-state index contributed by atoms with van der Waals surface area (Å²) in [4.78, 5) is 11.3. The monoisotopic (exact) mass is 353 g/mol. The van der Waals surface area contributed by atoms with Crippen molar-refractivity contribution in [3.63, 3.8) is 0 Å². The summed E-state index contributed by atoms with van der Waals surface area (Å²) in [5.41, 5.74) is 1.51. The highest BCUT2D eigenvalue weighted by atomic mass is 35.5. The molecule has 1 aromatic heterocycles. The van der Waals surface area contributed by atoms with Gasteiger partial charge in [0.25, 0.3) is 0 Å². The van der Waals surface area contributed by atoms with Crippen molar-refractivity contribution in [1.29, 1.82) is 5.26 Å². The lowest BCUT2D eigenvalue weighted by Crippen LogP contribution is -2.39. The summed E-state index contributed by atoms with van der Waals surface area (Å²) in [5, 5.41) is 13.4. The predicted molar refractivity (Wildman–Crippen MR) is 99.0 cm³/mol. The minimum atomic E-state index is 0.392. The van der Waals surface area contributed by atoms with E-state index in [1.165, 1.54) is 12.8 Å². The smallest absolute Gasteiger partial charge is 0.133 e. The maximum atomic E-state index is 9.36. The molecule has 1 saturated heterocycles. The van der Waals surface area contributed by atoms with Crippen LogP contribution in [0.2, 0.25) is 5.02 Å². The van der Waals surface area contributed by atoms with Crippen LogP contribution in [-0.2, 0) is 0 Å². The van der Waals surface area contributed by atoms with Gasteiger partial charge in [0.1, 0.15) is 17.7 Å². The molecule has 2 aliphatic rings. The first-order valence-corrected chi connectivity index (χ1v) is 9.15. The molecule has 5 nitrogen and oxygen atoms in total. The van der Waals surface area contributed by atoms with Gasteiger partial charge in [-0.1, -0.05) is 17.7 Å². The van der Waals surface area contributed by atoms with Crippen LogP contribution in [0.3, 0.4) is 0 Å². The molecule has 0 amide bonds. The fourth-order valence-corrected chi connectivity index (χ4v) is 3.57. The third-order valence-corrected chi connectivity index (χ3v) is 5.22. The number of hydrogen-bond donors (Lipinski definition) is 1. The van der Waals surface area contributed by atoms with Gasteiger partial charge in [-0.25, -0.2) is 9.97 Å². The fourth-order valence-electron chi connectivity index (χ4n) is 3.35. The lowest BCUT2D eigenvalue weighted by molar-refractivity contribution is 0.525. The zero-order valence-electron chi connectivity index (χ0n) is 14.0. The first-order valence-electron chi connectivity index (χ1n) is 8.77. The Kier molecular flexibility index (Phi) is 4.46. The van der Waals surface area contributed by atoms with Gasteiger partial charge in [0.15, 0.2) is 0 Å². The summed E-state index contributed by atoms with van der Waals surface area (Å²) in [7, 11) is 0. The summed E-state index contributed by atoms with van der Waals surface area (Å²) in [6.07, 6.45) is 6.27. The highest BCUT2D eigenvalue weighted by Gasteiger charge is 2.27. The van der Waals surface area contributed by atoms with Gasteiger partial charge in [0.2, 0.25) is 0 Å². The average molecular weight is 354 g/mol. The maximum Gasteiger partial charge on any atom is 0.133 e. The van der Waals surface area contributed by atoms with Crippen molar-refractivity contribution in [3.8, 4) is 6.07 Å². The summed E-state index contributed by atoms with van der Waals surface area (Å²) in [6.45, 7) is 1.79. The molecule has 128 valence electrons. The number of nitrogens with zero attached hydrogens (tertiary/aromatic N) is 4. The molecule has 1 N–H and O–H groups in total. The standard InChI is InChI=1S/C19H20ClN5/c20-16-2-1-3-17(15(16)12-21)25-10-7-14(8-11-25)23-18-6-9-22-19(24-18)13-4-5-13/h1-3,6,9,13-14H,4-5,7-8,10-11H2,(H,22,23,24). The first kappa shape index (κ1) is 16.2. The van der Waals surface area contributed by atoms with Crippen molar-refractivity contribution in [2.75, 3.05) is 23.3 Å². The largest absolute Gasteiger partial charge is 0.370 e. The Labute approximate surface area is 152 Å². The second-order valence-electron chi connectivity index (χ2n) is 6.73. The first-order chi connectivity index (χ1) is 12.2. The second-order valence-corrected chi connectivity index (χ2v) is 7.13. The van der Waals surface area contributed by atoms with E-state index in [0.717, 1.165) is 43.3 Å². The van der Waals surface area contributed by atoms with E-state index in [1.807, 2.05) is 24.4 Å². The van der Waals surface area contributed by atoms with Crippen LogP contribution in [0.5, 0.6) is 0 Å². The number of halogens is 1. The summed E-state index contributed by atoms with van der Waals surface area (Å²) >= 11 is 6.15. The summed E-state index contributed by atoms with van der Waals surface area (Å²) in [5.74, 6) is 2.46. The molecule has 25 heavy (non-hydrogen) atoms. The molecular formula is C19H20ClN5. The molecule has 0 unspecified atom stereocenters. The van der Waals surface area contributed by atoms with Gasteiger partial charge in [0.05, 0.1) is 16.3 Å². The third kappa shape index (κ3) is 3.54. The lowest BCUT2D eigenvalue weighted by Gasteiger charge is -2.34. The van der Waals surface area contributed by atoms with E-state index in [4.69, 9.17) is 11.6 Å². The number of hydrogen-bond acceptors (Lipinski definition) is 5. The summed E-state index contributed by atoms with van der Waals surface area (Å²) < 4.78 is 0. The zero-order chi connectivity index (χ0) is 17.2. The summed E-state index contributed by atoms with van der Waals surface area (Å²) in [6, 6.07) is 10.2. The minimum Gasteiger partial charge on any atom is -0.370 e. The van der Waals surface area contributed by atoms with Gasteiger partial charge in [-0.2, -0.15) is 5.26 Å². The molecule has 2 aromatic rings. The number of nitriles is 1. The minimum absolute atomic E-state index is 0.392. The maximum absolute atomic E-state index is 9.36. The molecule has 2 fully saturated rings. The number of nitrogens with one attached hydrogen (secondary N) is 1. The Hall–Kier alpha value is -2.32. The van der Waals surface area contributed by atoms with E-state index in [9.17, 15) is 5.26 Å². The Morgan fingerprint density at radius 2 is 1.96 bits per heavy atom. The van der Waals surface area contributed by atoms with E-state index in [-0.39, 0.29) is 0 Å². The number of piperidine rings is 1. The van der Waals surface area contributed by atoms with Crippen molar-refractivity contribution >= 4 is 23.1 Å². The van der Waals surface area contributed by atoms with Gasteiger partial charge < -0.3 is 10.2 Å². The van der Waals surface area contributed by atoms with E-state index in [2.05, 4.69) is 26.3 Å². The van der Waals surface area contributed by atoms with Crippen LogP contribution in [0.4, 0.5) is 11.5 Å². The molecule has 1 aliphatic carbocycles. The number of benzene rings is 1. The molecule has 0 bridgehead atoms. The van der Waals surface area contributed by atoms with Crippen molar-refractivity contribution < 1.29 is 0 Å². The molecule has 1 saturated carbocycles. The third-order valence-electron chi connectivity index (χ3n) is 4.91. The molecule has 1 aliphatic heterocycles. The second kappa shape index (κ2) is 6.89. The van der Waals surface area contributed by atoms with E-state index in [1.54, 1.807) is 6.07 Å². The average Bonchev–Trinajstić information content (AvgIpc) is 3.48. The highest BCUT2D eigenvalue weighted by Crippen LogP contribution is 2.38. The van der Waals surface area contributed by atoms with E-state index >= 15 is 0 Å². The van der Waals surface area contributed by atoms with Crippen LogP contribution >= 0.6 is 11.6 Å². The van der Waals surface area contributed by atoms with Crippen molar-refractivity contribution in [2.45, 2.75) is 37.6 Å². The molecule has 1 aromatic carbocycles. The van der Waals surface area contributed by atoms with Gasteiger partial charge in [-0.15, -0.1) is 0 Å². The number of aromatic nitrogens is 2. The molecule has 6 heteroatoms. The van der Waals surface area contributed by atoms with Crippen LogP contribution in [-0.4, -0.2) is 29.1 Å². The normalized spacial score (nSPS) is 18.0. The van der Waals surface area contributed by atoms with Gasteiger partial charge in [-0.05, 0) is 43.9 Å². The molecule has 0 atom stereocenters. The lowest BCUT2D eigenvalue weighted by atomic mass is 10.0. The fraction of sp³-hybridized carbons (Fsp3) is 0.421. The SMILES string of the molecule is N#Cc1c(Cl)cccc1N1CCC(Nc2ccnc(C3CC3)n2)CC1. The molecule has 4 rings (SSSR count). The number of anilines is 2. The van der Waals surface area contributed by atoms with Crippen LogP contribution in [0.1, 0.15) is 43.0 Å². The van der Waals surface area contributed by atoms with Crippen molar-refractivity contribution in [2.24, 2.45) is 0 Å². The van der Waals surface area contributed by atoms with E-state index < -0.39 is 0 Å². The van der Waals surface area contributed by atoms with Crippen LogP contribution in [0.15, 0.2) is 30.5 Å². The zero-order valence-corrected chi connectivity index (χ0v) is 14.7. The van der Waals surface area contributed by atoms with Crippen LogP contribution in [0.25, 0.3) is 0 Å². The Balaban J connectivity index is 1.40. The Morgan fingerprint density at radius 1 is 1.16 bits per heavy atom. The molecule has 0 radical (unpaired) electrons. The topological polar surface area (TPSA) is 64.8 Å². The quantitative estimate of drug-likeness (QED) is 0.901. The van der Waals surface area contributed by atoms with Gasteiger partial charge in [-0.3, -0.25) is 0 Å². The Bertz CT molecular complexity index is 804. The predicted octanol–water partition coefficient (Wildman–Crippen LogP) is 3.96. The Morgan fingerprint density at radius 3 is 2.68 bits per heavy atom. The van der Waals surface area contributed by atoms with Crippen molar-refractivity contribution in [3.05, 3.63) is 46.9 Å². The van der Waals surface area contributed by atoms with E-state index in [0.29, 0.717) is 22.5 Å². The van der Waals surface area contributed by atoms with Crippen LogP contribution in [0, 0.1) is 11.3 Å². The van der Waals surface area contributed by atoms with Gasteiger partial charge >= 0.3 is 0 Å². The number of rotatable bonds is 4.